The molecule has 1 fully saturated rings. The van der Waals surface area contributed by atoms with Crippen LogP contribution in [-0.4, -0.2) is 57.7 Å². The Kier molecular flexibility index (Phi) is 4.54. The van der Waals surface area contributed by atoms with Crippen molar-refractivity contribution in [2.45, 2.75) is 30.7 Å². The van der Waals surface area contributed by atoms with Gasteiger partial charge in [-0.1, -0.05) is 12.1 Å². The first-order valence-corrected chi connectivity index (χ1v) is 6.04. The molecule has 5 atom stereocenters. The zero-order valence-corrected chi connectivity index (χ0v) is 10.5. The fourth-order valence-electron chi connectivity index (χ4n) is 1.95. The summed E-state index contributed by atoms with van der Waals surface area (Å²) in [5.41, 5.74) is 0.240. The van der Waals surface area contributed by atoms with E-state index in [1.54, 1.807) is 12.1 Å². The van der Waals surface area contributed by atoms with Crippen LogP contribution in [0.15, 0.2) is 24.3 Å². The van der Waals surface area contributed by atoms with Crippen LogP contribution in [0.25, 0.3) is 0 Å². The number of aliphatic hydroxyl groups excluding tert-OH is 4. The Labute approximate surface area is 115 Å². The van der Waals surface area contributed by atoms with E-state index in [0.29, 0.717) is 0 Å². The van der Waals surface area contributed by atoms with E-state index in [2.05, 4.69) is 0 Å². The maximum Gasteiger partial charge on any atom is 0.229 e. The van der Waals surface area contributed by atoms with Crippen LogP contribution < -0.4 is 4.74 Å². The maximum absolute atomic E-state index is 9.82. The van der Waals surface area contributed by atoms with Crippen LogP contribution in [0, 0.1) is 11.3 Å². The van der Waals surface area contributed by atoms with Crippen molar-refractivity contribution in [3.63, 3.8) is 0 Å². The first-order valence-electron chi connectivity index (χ1n) is 6.04. The average Bonchev–Trinajstić information content (AvgIpc) is 2.48. The van der Waals surface area contributed by atoms with Crippen molar-refractivity contribution in [2.75, 3.05) is 6.61 Å². The van der Waals surface area contributed by atoms with Gasteiger partial charge in [-0.05, 0) is 12.1 Å². The third-order valence-electron chi connectivity index (χ3n) is 3.10. The van der Waals surface area contributed by atoms with Gasteiger partial charge in [-0.15, -0.1) is 0 Å². The minimum absolute atomic E-state index is 0.180. The molecule has 0 spiro atoms. The van der Waals surface area contributed by atoms with Gasteiger partial charge in [0.25, 0.3) is 0 Å². The summed E-state index contributed by atoms with van der Waals surface area (Å²) in [7, 11) is 0. The number of benzene rings is 1. The summed E-state index contributed by atoms with van der Waals surface area (Å²) in [5.74, 6) is 0.180. The minimum atomic E-state index is -1.51. The molecule has 1 aliphatic heterocycles. The highest BCUT2D eigenvalue weighted by atomic mass is 16.7. The van der Waals surface area contributed by atoms with Gasteiger partial charge in [0.2, 0.25) is 6.29 Å². The predicted molar refractivity (Wildman–Crippen MR) is 65.6 cm³/mol. The zero-order valence-electron chi connectivity index (χ0n) is 10.5. The minimum Gasteiger partial charge on any atom is -0.461 e. The number of aliphatic hydroxyl groups is 4. The lowest BCUT2D eigenvalue weighted by Gasteiger charge is -2.39. The van der Waals surface area contributed by atoms with Gasteiger partial charge in [0, 0.05) is 0 Å². The Hall–Kier alpha value is -1.69. The van der Waals surface area contributed by atoms with Crippen molar-refractivity contribution in [2.24, 2.45) is 0 Å². The van der Waals surface area contributed by atoms with Crippen molar-refractivity contribution >= 4 is 0 Å². The van der Waals surface area contributed by atoms with E-state index in [9.17, 15) is 15.3 Å². The van der Waals surface area contributed by atoms with Gasteiger partial charge < -0.3 is 29.9 Å². The predicted octanol–water partition coefficient (Wildman–Crippen LogP) is -1.26. The highest BCUT2D eigenvalue weighted by molar-refractivity contribution is 5.42. The number of hydrogen-bond acceptors (Lipinski definition) is 7. The lowest BCUT2D eigenvalue weighted by Crippen LogP contribution is -2.60. The number of nitriles is 1. The van der Waals surface area contributed by atoms with E-state index in [0.717, 1.165) is 0 Å². The van der Waals surface area contributed by atoms with Crippen LogP contribution in [0.3, 0.4) is 0 Å². The summed E-state index contributed by atoms with van der Waals surface area (Å²) in [6.07, 6.45) is -6.80. The smallest absolute Gasteiger partial charge is 0.229 e. The van der Waals surface area contributed by atoms with E-state index in [1.165, 1.54) is 12.1 Å². The molecule has 20 heavy (non-hydrogen) atoms. The summed E-state index contributed by atoms with van der Waals surface area (Å²) in [6.45, 7) is -0.537. The molecular weight excluding hydrogens is 266 g/mol. The second-order valence-corrected chi connectivity index (χ2v) is 4.42. The van der Waals surface area contributed by atoms with E-state index >= 15 is 0 Å². The molecule has 7 heteroatoms. The van der Waals surface area contributed by atoms with Crippen LogP contribution >= 0.6 is 0 Å². The Bertz CT molecular complexity index is 500. The molecule has 108 valence electrons. The Morgan fingerprint density at radius 3 is 2.50 bits per heavy atom. The third-order valence-corrected chi connectivity index (χ3v) is 3.10. The van der Waals surface area contributed by atoms with E-state index in [1.807, 2.05) is 6.07 Å². The fraction of sp³-hybridized carbons (Fsp3) is 0.462. The van der Waals surface area contributed by atoms with Crippen LogP contribution in [0.5, 0.6) is 5.75 Å². The number of hydrogen-bond donors (Lipinski definition) is 4. The fourth-order valence-corrected chi connectivity index (χ4v) is 1.95. The molecule has 0 radical (unpaired) electrons. The number of rotatable bonds is 3. The van der Waals surface area contributed by atoms with Gasteiger partial charge >= 0.3 is 0 Å². The average molecular weight is 281 g/mol. The van der Waals surface area contributed by atoms with Crippen LogP contribution in [0.1, 0.15) is 5.56 Å². The van der Waals surface area contributed by atoms with Crippen molar-refractivity contribution in [3.8, 4) is 11.8 Å². The molecule has 0 aliphatic carbocycles. The second kappa shape index (κ2) is 6.17. The molecule has 1 aromatic rings. The maximum atomic E-state index is 9.82. The van der Waals surface area contributed by atoms with E-state index < -0.39 is 37.3 Å². The molecule has 2 rings (SSSR count). The molecular formula is C13H15NO6. The van der Waals surface area contributed by atoms with Gasteiger partial charge in [0.05, 0.1) is 12.2 Å². The molecule has 4 N–H and O–H groups in total. The number of nitrogens with zero attached hydrogens (tertiary/aromatic N) is 1. The summed E-state index contributed by atoms with van der Waals surface area (Å²) < 4.78 is 10.6. The van der Waals surface area contributed by atoms with Crippen molar-refractivity contribution in [1.29, 1.82) is 5.26 Å². The highest BCUT2D eigenvalue weighted by Crippen LogP contribution is 2.25. The monoisotopic (exact) mass is 281 g/mol. The molecule has 1 aromatic carbocycles. The standard InChI is InChI=1S/C13H15NO6/c14-5-7-3-1-2-4-8(7)19-13-12(18)11(17)10(16)9(6-15)20-13/h1-4,9-13,15-18H,6H2/t9-,10+,11+,12-,13-/m1/s1. The van der Waals surface area contributed by atoms with Gasteiger partial charge in [-0.3, -0.25) is 0 Å². The Morgan fingerprint density at radius 2 is 1.85 bits per heavy atom. The molecule has 0 bridgehead atoms. The van der Waals surface area contributed by atoms with Crippen LogP contribution in [0.2, 0.25) is 0 Å². The second-order valence-electron chi connectivity index (χ2n) is 4.42. The normalized spacial score (nSPS) is 33.5. The summed E-state index contributed by atoms with van der Waals surface area (Å²) in [6, 6.07) is 8.25. The van der Waals surface area contributed by atoms with Crippen molar-refractivity contribution in [3.05, 3.63) is 29.8 Å². The molecule has 0 amide bonds. The van der Waals surface area contributed by atoms with Crippen molar-refractivity contribution < 1.29 is 29.9 Å². The lowest BCUT2D eigenvalue weighted by molar-refractivity contribution is -0.277. The zero-order chi connectivity index (χ0) is 14.7. The first-order chi connectivity index (χ1) is 9.58. The quantitative estimate of drug-likeness (QED) is 0.545. The molecule has 0 aromatic heterocycles. The number of ether oxygens (including phenoxy) is 2. The number of para-hydroxylation sites is 1. The third kappa shape index (κ3) is 2.75. The highest BCUT2D eigenvalue weighted by Gasteiger charge is 2.44. The SMILES string of the molecule is N#Cc1ccccc1O[C@@H]1O[C@H](CO)[C@H](O)[C@H](O)[C@H]1O. The van der Waals surface area contributed by atoms with Crippen molar-refractivity contribution in [1.82, 2.24) is 0 Å². The summed E-state index contributed by atoms with van der Waals surface area (Å²) in [4.78, 5) is 0. The topological polar surface area (TPSA) is 123 Å². The Morgan fingerprint density at radius 1 is 1.15 bits per heavy atom. The van der Waals surface area contributed by atoms with E-state index in [4.69, 9.17) is 19.8 Å². The largest absolute Gasteiger partial charge is 0.461 e. The van der Waals surface area contributed by atoms with E-state index in [-0.39, 0.29) is 11.3 Å². The molecule has 0 saturated carbocycles. The lowest BCUT2D eigenvalue weighted by atomic mass is 9.99. The molecule has 1 aliphatic rings. The summed E-state index contributed by atoms with van der Waals surface area (Å²) >= 11 is 0. The molecule has 1 heterocycles. The van der Waals surface area contributed by atoms with Gasteiger partial charge in [-0.2, -0.15) is 5.26 Å². The van der Waals surface area contributed by atoms with Crippen LogP contribution in [-0.2, 0) is 4.74 Å². The molecule has 7 nitrogen and oxygen atoms in total. The molecule has 1 saturated heterocycles. The van der Waals surface area contributed by atoms with Gasteiger partial charge in [-0.25, -0.2) is 0 Å². The molecule has 0 unspecified atom stereocenters. The van der Waals surface area contributed by atoms with Gasteiger partial charge in [0.1, 0.15) is 36.2 Å². The first kappa shape index (κ1) is 14.7. The van der Waals surface area contributed by atoms with Gasteiger partial charge in [0.15, 0.2) is 0 Å². The van der Waals surface area contributed by atoms with Crippen LogP contribution in [0.4, 0.5) is 0 Å². The Balaban J connectivity index is 2.18. The summed E-state index contributed by atoms with van der Waals surface area (Å²) in [5, 5.41) is 47.1.